The summed E-state index contributed by atoms with van der Waals surface area (Å²) >= 11 is 3.36. The second-order valence-electron chi connectivity index (χ2n) is 4.37. The van der Waals surface area contributed by atoms with E-state index in [1.54, 1.807) is 28.1 Å². The summed E-state index contributed by atoms with van der Waals surface area (Å²) in [6.45, 7) is 4.32. The molecule has 94 valence electrons. The van der Waals surface area contributed by atoms with Crippen molar-refractivity contribution in [2.75, 3.05) is 5.75 Å². The highest BCUT2D eigenvalue weighted by molar-refractivity contribution is 8.00. The summed E-state index contributed by atoms with van der Waals surface area (Å²) < 4.78 is 1.70. The largest absolute Gasteiger partial charge is 0.290 e. The highest BCUT2D eigenvalue weighted by atomic mass is 32.2. The van der Waals surface area contributed by atoms with E-state index in [4.69, 9.17) is 0 Å². The normalized spacial score (nSPS) is 18.4. The first kappa shape index (κ1) is 13.0. The fourth-order valence-corrected chi connectivity index (χ4v) is 4.03. The van der Waals surface area contributed by atoms with Crippen LogP contribution in [0.5, 0.6) is 0 Å². The molecule has 1 aromatic heterocycles. The van der Waals surface area contributed by atoms with E-state index in [1.165, 1.54) is 12.8 Å². The molecule has 0 N–H and O–H groups in total. The molecule has 0 bridgehead atoms. The Hall–Kier alpha value is -0.420. The first-order valence-electron chi connectivity index (χ1n) is 6.02. The highest BCUT2D eigenvalue weighted by Gasteiger charge is 2.25. The second-order valence-corrected chi connectivity index (χ2v) is 6.88. The molecular formula is C12H18N2OS2. The topological polar surface area (TPSA) is 34.9 Å². The molecule has 1 aliphatic heterocycles. The van der Waals surface area contributed by atoms with E-state index in [1.807, 2.05) is 7.05 Å². The molecule has 0 radical (unpaired) electrons. The van der Waals surface area contributed by atoms with Crippen LogP contribution in [0.15, 0.2) is 14.8 Å². The summed E-state index contributed by atoms with van der Waals surface area (Å²) in [5.41, 5.74) is 1.13. The predicted molar refractivity (Wildman–Crippen MR) is 74.1 cm³/mol. The van der Waals surface area contributed by atoms with Crippen LogP contribution in [0.1, 0.15) is 32.4 Å². The zero-order chi connectivity index (χ0) is 12.4. The van der Waals surface area contributed by atoms with Crippen molar-refractivity contribution in [1.82, 2.24) is 9.55 Å². The Morgan fingerprint density at radius 3 is 3.06 bits per heavy atom. The molecule has 0 spiro atoms. The minimum Gasteiger partial charge on any atom is -0.290 e. The SMILES string of the molecule is CCCCSc1nc2c(c(=O)n1C)SC(C)C2. The Kier molecular flexibility index (Phi) is 4.20. The molecule has 2 rings (SSSR count). The Bertz CT molecular complexity index is 470. The molecule has 1 atom stereocenters. The monoisotopic (exact) mass is 270 g/mol. The molecule has 0 fully saturated rings. The maximum absolute atomic E-state index is 12.1. The van der Waals surface area contributed by atoms with Gasteiger partial charge in [-0.05, 0) is 6.42 Å². The fourth-order valence-electron chi connectivity index (χ4n) is 1.81. The van der Waals surface area contributed by atoms with Crippen molar-refractivity contribution >= 4 is 23.5 Å². The van der Waals surface area contributed by atoms with Crippen LogP contribution in [0.3, 0.4) is 0 Å². The van der Waals surface area contributed by atoms with Crippen LogP contribution in [0.2, 0.25) is 0 Å². The van der Waals surface area contributed by atoms with Gasteiger partial charge in [-0.3, -0.25) is 9.36 Å². The zero-order valence-electron chi connectivity index (χ0n) is 10.5. The standard InChI is InChI=1S/C12H18N2OS2/c1-4-5-6-16-12-13-9-7-8(2)17-10(9)11(15)14(12)3/h8H,4-7H2,1-3H3. The van der Waals surface area contributed by atoms with Crippen LogP contribution in [0, 0.1) is 0 Å². The molecule has 0 aromatic carbocycles. The van der Waals surface area contributed by atoms with Gasteiger partial charge in [0.05, 0.1) is 10.6 Å². The van der Waals surface area contributed by atoms with E-state index in [0.717, 1.165) is 27.9 Å². The third-order valence-corrected chi connectivity index (χ3v) is 5.14. The third-order valence-electron chi connectivity index (χ3n) is 2.81. The molecule has 0 saturated heterocycles. The fraction of sp³-hybridized carbons (Fsp3) is 0.667. The molecule has 3 nitrogen and oxygen atoms in total. The van der Waals surface area contributed by atoms with Crippen LogP contribution < -0.4 is 5.56 Å². The molecule has 17 heavy (non-hydrogen) atoms. The molecule has 1 aliphatic rings. The molecule has 0 amide bonds. The minimum absolute atomic E-state index is 0.128. The zero-order valence-corrected chi connectivity index (χ0v) is 12.2. The molecule has 0 saturated carbocycles. The van der Waals surface area contributed by atoms with Gasteiger partial charge in [0, 0.05) is 24.5 Å². The number of hydrogen-bond donors (Lipinski definition) is 0. The van der Waals surface area contributed by atoms with E-state index in [0.29, 0.717) is 5.25 Å². The van der Waals surface area contributed by atoms with E-state index in [-0.39, 0.29) is 5.56 Å². The van der Waals surface area contributed by atoms with Gasteiger partial charge in [0.15, 0.2) is 5.16 Å². The van der Waals surface area contributed by atoms with Gasteiger partial charge in [-0.2, -0.15) is 0 Å². The van der Waals surface area contributed by atoms with Gasteiger partial charge in [-0.1, -0.05) is 32.0 Å². The summed E-state index contributed by atoms with van der Waals surface area (Å²) in [6.07, 6.45) is 3.28. The quantitative estimate of drug-likeness (QED) is 0.479. The van der Waals surface area contributed by atoms with Gasteiger partial charge in [0.2, 0.25) is 0 Å². The predicted octanol–water partition coefficient (Wildman–Crippen LogP) is 2.71. The van der Waals surface area contributed by atoms with Crippen molar-refractivity contribution < 1.29 is 0 Å². The van der Waals surface area contributed by atoms with Gasteiger partial charge in [0.1, 0.15) is 0 Å². The highest BCUT2D eigenvalue weighted by Crippen LogP contribution is 2.33. The number of fused-ring (bicyclic) bond motifs is 1. The van der Waals surface area contributed by atoms with Crippen molar-refractivity contribution in [2.45, 2.75) is 48.4 Å². The van der Waals surface area contributed by atoms with Crippen LogP contribution in [0.4, 0.5) is 0 Å². The van der Waals surface area contributed by atoms with Crippen molar-refractivity contribution in [3.8, 4) is 0 Å². The van der Waals surface area contributed by atoms with E-state index >= 15 is 0 Å². The Balaban J connectivity index is 2.27. The summed E-state index contributed by atoms with van der Waals surface area (Å²) in [4.78, 5) is 17.7. The van der Waals surface area contributed by atoms with Crippen molar-refractivity contribution in [3.63, 3.8) is 0 Å². The first-order chi connectivity index (χ1) is 8.13. The Morgan fingerprint density at radius 2 is 2.35 bits per heavy atom. The maximum Gasteiger partial charge on any atom is 0.267 e. The lowest BCUT2D eigenvalue weighted by Crippen LogP contribution is -2.22. The molecule has 1 unspecified atom stereocenters. The van der Waals surface area contributed by atoms with Gasteiger partial charge in [0.25, 0.3) is 5.56 Å². The van der Waals surface area contributed by atoms with E-state index in [9.17, 15) is 4.79 Å². The van der Waals surface area contributed by atoms with Crippen molar-refractivity contribution in [3.05, 3.63) is 16.0 Å². The van der Waals surface area contributed by atoms with Crippen molar-refractivity contribution in [1.29, 1.82) is 0 Å². The number of thioether (sulfide) groups is 2. The lowest BCUT2D eigenvalue weighted by atomic mass is 10.2. The van der Waals surface area contributed by atoms with Crippen molar-refractivity contribution in [2.24, 2.45) is 7.05 Å². The summed E-state index contributed by atoms with van der Waals surface area (Å²) in [5, 5.41) is 1.36. The molecular weight excluding hydrogens is 252 g/mol. The number of nitrogens with zero attached hydrogens (tertiary/aromatic N) is 2. The van der Waals surface area contributed by atoms with Crippen LogP contribution in [-0.2, 0) is 13.5 Å². The summed E-state index contributed by atoms with van der Waals surface area (Å²) in [5.74, 6) is 1.04. The lowest BCUT2D eigenvalue weighted by Gasteiger charge is -2.08. The summed E-state index contributed by atoms with van der Waals surface area (Å²) in [7, 11) is 1.83. The van der Waals surface area contributed by atoms with Gasteiger partial charge >= 0.3 is 0 Å². The van der Waals surface area contributed by atoms with Crippen LogP contribution in [0.25, 0.3) is 0 Å². The first-order valence-corrected chi connectivity index (χ1v) is 7.89. The summed E-state index contributed by atoms with van der Waals surface area (Å²) in [6, 6.07) is 0. The molecule has 5 heteroatoms. The Labute approximate surface area is 110 Å². The number of aromatic nitrogens is 2. The van der Waals surface area contributed by atoms with E-state index < -0.39 is 0 Å². The van der Waals surface area contributed by atoms with Crippen LogP contribution >= 0.6 is 23.5 Å². The van der Waals surface area contributed by atoms with Gasteiger partial charge in [-0.15, -0.1) is 11.8 Å². The lowest BCUT2D eigenvalue weighted by molar-refractivity contribution is 0.664. The molecule has 2 heterocycles. The average molecular weight is 270 g/mol. The van der Waals surface area contributed by atoms with Gasteiger partial charge in [-0.25, -0.2) is 4.98 Å². The number of hydrogen-bond acceptors (Lipinski definition) is 4. The molecule has 0 aliphatic carbocycles. The van der Waals surface area contributed by atoms with Gasteiger partial charge < -0.3 is 0 Å². The Morgan fingerprint density at radius 1 is 1.59 bits per heavy atom. The van der Waals surface area contributed by atoms with Crippen LogP contribution in [-0.4, -0.2) is 20.6 Å². The average Bonchev–Trinajstić information content (AvgIpc) is 2.66. The maximum atomic E-state index is 12.1. The smallest absolute Gasteiger partial charge is 0.267 e. The number of unbranched alkanes of at least 4 members (excludes halogenated alkanes) is 1. The van der Waals surface area contributed by atoms with E-state index in [2.05, 4.69) is 18.8 Å². The minimum atomic E-state index is 0.128. The number of rotatable bonds is 4. The third kappa shape index (κ3) is 2.71. The second kappa shape index (κ2) is 5.48. The molecule has 1 aromatic rings.